The first-order valence-corrected chi connectivity index (χ1v) is 6.89. The Hall–Kier alpha value is -0.550. The van der Waals surface area contributed by atoms with Crippen LogP contribution >= 0.6 is 27.3 Å². The van der Waals surface area contributed by atoms with E-state index >= 15 is 0 Å². The zero-order valence-electron chi connectivity index (χ0n) is 9.62. The lowest BCUT2D eigenvalue weighted by molar-refractivity contribution is 0.0956. The maximum Gasteiger partial charge on any atom is 0.261 e. The lowest BCUT2D eigenvalue weighted by atomic mass is 10.1. The zero-order chi connectivity index (χ0) is 12.1. The summed E-state index contributed by atoms with van der Waals surface area (Å²) < 4.78 is 5.03. The quantitative estimate of drug-likeness (QED) is 0.850. The van der Waals surface area contributed by atoms with Crippen LogP contribution in [0.15, 0.2) is 11.4 Å². The third-order valence-electron chi connectivity index (χ3n) is 2.22. The van der Waals surface area contributed by atoms with Crippen LogP contribution in [0.2, 0.25) is 0 Å². The first kappa shape index (κ1) is 13.5. The molecular weight excluding hydrogens is 290 g/mol. The predicted molar refractivity (Wildman–Crippen MR) is 70.8 cm³/mol. The summed E-state index contributed by atoms with van der Waals surface area (Å²) in [5, 5.41) is 4.71. The Morgan fingerprint density at radius 1 is 1.62 bits per heavy atom. The van der Waals surface area contributed by atoms with Crippen LogP contribution in [0.25, 0.3) is 0 Å². The van der Waals surface area contributed by atoms with E-state index in [1.165, 1.54) is 11.3 Å². The molecule has 1 atom stereocenters. The van der Waals surface area contributed by atoms with Gasteiger partial charge in [-0.25, -0.2) is 0 Å². The zero-order valence-corrected chi connectivity index (χ0v) is 12.0. The number of methoxy groups -OCH3 is 1. The van der Waals surface area contributed by atoms with E-state index < -0.39 is 0 Å². The van der Waals surface area contributed by atoms with E-state index in [1.54, 1.807) is 13.2 Å². The van der Waals surface area contributed by atoms with Gasteiger partial charge >= 0.3 is 0 Å². The number of carbonyl (C=O) groups is 1. The molecule has 90 valence electrons. The van der Waals surface area contributed by atoms with Crippen molar-refractivity contribution in [3.8, 4) is 5.75 Å². The lowest BCUT2D eigenvalue weighted by Crippen LogP contribution is -2.31. The molecule has 0 aromatic carbocycles. The normalized spacial score (nSPS) is 12.6. The molecule has 1 aromatic heterocycles. The average molecular weight is 306 g/mol. The molecule has 1 amide bonds. The highest BCUT2D eigenvalue weighted by atomic mass is 79.9. The molecule has 1 aromatic rings. The van der Waals surface area contributed by atoms with Crippen LogP contribution in [0.3, 0.4) is 0 Å². The molecule has 0 fully saturated rings. The van der Waals surface area contributed by atoms with Gasteiger partial charge in [0.2, 0.25) is 0 Å². The van der Waals surface area contributed by atoms with Gasteiger partial charge in [0.25, 0.3) is 5.91 Å². The van der Waals surface area contributed by atoms with E-state index in [-0.39, 0.29) is 5.91 Å². The van der Waals surface area contributed by atoms with Crippen molar-refractivity contribution < 1.29 is 9.53 Å². The topological polar surface area (TPSA) is 38.3 Å². The number of halogens is 1. The second-order valence-electron chi connectivity index (χ2n) is 3.82. The van der Waals surface area contributed by atoms with Gasteiger partial charge < -0.3 is 10.1 Å². The Bertz CT molecular complexity index is 352. The van der Waals surface area contributed by atoms with Gasteiger partial charge in [-0.2, -0.15) is 0 Å². The van der Waals surface area contributed by atoms with Crippen molar-refractivity contribution in [1.82, 2.24) is 5.32 Å². The van der Waals surface area contributed by atoms with E-state index in [0.717, 1.165) is 5.75 Å². The molecule has 1 N–H and O–H groups in total. The number of carbonyl (C=O) groups excluding carboxylic acids is 1. The minimum atomic E-state index is -0.0431. The van der Waals surface area contributed by atoms with E-state index in [4.69, 9.17) is 4.74 Å². The van der Waals surface area contributed by atoms with Crippen LogP contribution in [0.1, 0.15) is 23.5 Å². The average Bonchev–Trinajstić information content (AvgIpc) is 2.73. The second-order valence-corrected chi connectivity index (χ2v) is 5.91. The van der Waals surface area contributed by atoms with Gasteiger partial charge in [0.15, 0.2) is 0 Å². The molecule has 0 aliphatic carbocycles. The van der Waals surface area contributed by atoms with E-state index in [0.29, 0.717) is 22.2 Å². The monoisotopic (exact) mass is 305 g/mol. The highest BCUT2D eigenvalue weighted by Crippen LogP contribution is 2.21. The molecule has 16 heavy (non-hydrogen) atoms. The first-order chi connectivity index (χ1) is 7.54. The van der Waals surface area contributed by atoms with Crippen molar-refractivity contribution in [3.05, 3.63) is 16.3 Å². The van der Waals surface area contributed by atoms with Gasteiger partial charge in [-0.3, -0.25) is 4.79 Å². The largest absolute Gasteiger partial charge is 0.496 e. The Kier molecular flexibility index (Phi) is 5.28. The number of hydrogen-bond acceptors (Lipinski definition) is 3. The third kappa shape index (κ3) is 3.79. The first-order valence-electron chi connectivity index (χ1n) is 5.09. The Labute approximate surface area is 108 Å². The van der Waals surface area contributed by atoms with Crippen LogP contribution in [0.5, 0.6) is 5.75 Å². The summed E-state index contributed by atoms with van der Waals surface area (Å²) in [5.74, 6) is 1.19. The summed E-state index contributed by atoms with van der Waals surface area (Å²) in [7, 11) is 1.59. The number of hydrogen-bond donors (Lipinski definition) is 1. The minimum absolute atomic E-state index is 0.0431. The molecule has 0 aliphatic rings. The summed E-state index contributed by atoms with van der Waals surface area (Å²) in [6.07, 6.45) is 0. The molecule has 1 rings (SSSR count). The summed E-state index contributed by atoms with van der Waals surface area (Å²) in [6.45, 7) is 4.86. The standard InChI is InChI=1S/C11H16BrNO2S/c1-7(2)9(12)5-13-11(14)10-4-8(15-3)6-16-10/h4,6-7,9H,5H2,1-3H3,(H,13,14). The number of nitrogens with one attached hydrogen (secondary N) is 1. The number of alkyl halides is 1. The maximum absolute atomic E-state index is 11.7. The van der Waals surface area contributed by atoms with Gasteiger partial charge in [-0.15, -0.1) is 11.3 Å². The van der Waals surface area contributed by atoms with E-state index in [9.17, 15) is 4.79 Å². The van der Waals surface area contributed by atoms with Crippen molar-refractivity contribution in [2.45, 2.75) is 18.7 Å². The molecule has 0 radical (unpaired) electrons. The second kappa shape index (κ2) is 6.25. The Balaban J connectivity index is 2.46. The van der Waals surface area contributed by atoms with Crippen LogP contribution in [-0.4, -0.2) is 24.4 Å². The van der Waals surface area contributed by atoms with Crippen molar-refractivity contribution in [1.29, 1.82) is 0 Å². The van der Waals surface area contributed by atoms with Gasteiger partial charge in [0.1, 0.15) is 5.75 Å². The highest BCUT2D eigenvalue weighted by molar-refractivity contribution is 9.09. The smallest absolute Gasteiger partial charge is 0.261 e. The molecule has 0 bridgehead atoms. The molecule has 3 nitrogen and oxygen atoms in total. The fraction of sp³-hybridized carbons (Fsp3) is 0.545. The summed E-state index contributed by atoms with van der Waals surface area (Å²) in [5.41, 5.74) is 0. The Morgan fingerprint density at radius 3 is 2.81 bits per heavy atom. The molecule has 0 aliphatic heterocycles. The Morgan fingerprint density at radius 2 is 2.31 bits per heavy atom. The lowest BCUT2D eigenvalue weighted by Gasteiger charge is -2.13. The van der Waals surface area contributed by atoms with Crippen molar-refractivity contribution >= 4 is 33.2 Å². The number of ether oxygens (including phenoxy) is 1. The van der Waals surface area contributed by atoms with Crippen molar-refractivity contribution in [2.24, 2.45) is 5.92 Å². The van der Waals surface area contributed by atoms with Crippen LogP contribution in [-0.2, 0) is 0 Å². The fourth-order valence-electron chi connectivity index (χ4n) is 1.06. The number of thiophene rings is 1. The maximum atomic E-state index is 11.7. The summed E-state index contributed by atoms with van der Waals surface area (Å²) in [4.78, 5) is 12.7. The number of amides is 1. The van der Waals surface area contributed by atoms with Crippen molar-refractivity contribution in [3.63, 3.8) is 0 Å². The van der Waals surface area contributed by atoms with Crippen LogP contribution < -0.4 is 10.1 Å². The molecule has 1 unspecified atom stereocenters. The van der Waals surface area contributed by atoms with Gasteiger partial charge in [0.05, 0.1) is 12.0 Å². The molecule has 0 saturated heterocycles. The highest BCUT2D eigenvalue weighted by Gasteiger charge is 2.13. The van der Waals surface area contributed by atoms with Crippen molar-refractivity contribution in [2.75, 3.05) is 13.7 Å². The van der Waals surface area contributed by atoms with E-state index in [1.807, 2.05) is 5.38 Å². The third-order valence-corrected chi connectivity index (χ3v) is 4.50. The molecule has 0 spiro atoms. The van der Waals surface area contributed by atoms with Gasteiger partial charge in [-0.1, -0.05) is 29.8 Å². The summed E-state index contributed by atoms with van der Waals surface area (Å²) in [6, 6.07) is 1.75. The van der Waals surface area contributed by atoms with Gasteiger partial charge in [0, 0.05) is 22.8 Å². The van der Waals surface area contributed by atoms with E-state index in [2.05, 4.69) is 35.1 Å². The van der Waals surface area contributed by atoms with Gasteiger partial charge in [-0.05, 0) is 5.92 Å². The minimum Gasteiger partial charge on any atom is -0.496 e. The summed E-state index contributed by atoms with van der Waals surface area (Å²) >= 11 is 4.92. The number of rotatable bonds is 5. The SMILES string of the molecule is COc1csc(C(=O)NCC(Br)C(C)C)c1. The molecule has 5 heteroatoms. The van der Waals surface area contributed by atoms with Crippen LogP contribution in [0, 0.1) is 5.92 Å². The molecule has 1 heterocycles. The molecule has 0 saturated carbocycles. The predicted octanol–water partition coefficient (Wildman–Crippen LogP) is 2.91. The molecular formula is C11H16BrNO2S. The van der Waals surface area contributed by atoms with Crippen LogP contribution in [0.4, 0.5) is 0 Å². The fourth-order valence-corrected chi connectivity index (χ4v) is 1.99.